The molecule has 0 radical (unpaired) electrons. The zero-order valence-corrected chi connectivity index (χ0v) is 19.2. The summed E-state index contributed by atoms with van der Waals surface area (Å²) in [5.41, 5.74) is 1.67. The molecule has 2 aliphatic rings. The van der Waals surface area contributed by atoms with E-state index in [9.17, 15) is 9.59 Å². The SMILES string of the molecule is O=C(NC1CCCCC1)c1ccc(OCC2CCN(C(=O)OCc3ccccc3)CC2)cc1. The second kappa shape index (κ2) is 11.7. The van der Waals surface area contributed by atoms with Gasteiger partial charge < -0.3 is 19.7 Å². The number of nitrogens with zero attached hydrogens (tertiary/aromatic N) is 1. The summed E-state index contributed by atoms with van der Waals surface area (Å²) in [7, 11) is 0. The van der Waals surface area contributed by atoms with Gasteiger partial charge in [0.25, 0.3) is 5.91 Å². The van der Waals surface area contributed by atoms with Gasteiger partial charge in [0.15, 0.2) is 0 Å². The highest BCUT2D eigenvalue weighted by Crippen LogP contribution is 2.21. The lowest BCUT2D eigenvalue weighted by molar-refractivity contribution is 0.0760. The lowest BCUT2D eigenvalue weighted by Crippen LogP contribution is -2.40. The maximum Gasteiger partial charge on any atom is 0.410 e. The molecule has 1 N–H and O–H groups in total. The number of rotatable bonds is 7. The van der Waals surface area contributed by atoms with Gasteiger partial charge in [0.2, 0.25) is 0 Å². The smallest absolute Gasteiger partial charge is 0.410 e. The number of carbonyl (C=O) groups is 2. The number of hydrogen-bond acceptors (Lipinski definition) is 4. The molecule has 6 nitrogen and oxygen atoms in total. The van der Waals surface area contributed by atoms with Crippen molar-refractivity contribution >= 4 is 12.0 Å². The highest BCUT2D eigenvalue weighted by atomic mass is 16.6. The third-order valence-electron chi connectivity index (χ3n) is 6.62. The largest absolute Gasteiger partial charge is 0.493 e. The molecule has 1 saturated carbocycles. The van der Waals surface area contributed by atoms with Gasteiger partial charge in [0, 0.05) is 24.7 Å². The lowest BCUT2D eigenvalue weighted by atomic mass is 9.95. The van der Waals surface area contributed by atoms with E-state index < -0.39 is 0 Å². The summed E-state index contributed by atoms with van der Waals surface area (Å²) in [5.74, 6) is 1.17. The van der Waals surface area contributed by atoms with E-state index in [-0.39, 0.29) is 12.0 Å². The Morgan fingerprint density at radius 1 is 0.879 bits per heavy atom. The molecule has 1 saturated heterocycles. The fourth-order valence-electron chi connectivity index (χ4n) is 4.53. The van der Waals surface area contributed by atoms with Crippen molar-refractivity contribution in [3.05, 3.63) is 65.7 Å². The summed E-state index contributed by atoms with van der Waals surface area (Å²) in [6, 6.07) is 17.4. The molecular formula is C27H34N2O4. The first kappa shape index (κ1) is 23.1. The number of benzene rings is 2. The molecule has 1 aliphatic heterocycles. The average molecular weight is 451 g/mol. The third-order valence-corrected chi connectivity index (χ3v) is 6.62. The molecule has 1 aliphatic carbocycles. The van der Waals surface area contributed by atoms with Crippen LogP contribution in [0.1, 0.15) is 60.9 Å². The Bertz CT molecular complexity index is 886. The minimum absolute atomic E-state index is 0.0000257. The quantitative estimate of drug-likeness (QED) is 0.631. The van der Waals surface area contributed by atoms with Gasteiger partial charge >= 0.3 is 6.09 Å². The minimum atomic E-state index is -0.250. The molecule has 0 unspecified atom stereocenters. The number of likely N-dealkylation sites (tertiary alicyclic amines) is 1. The van der Waals surface area contributed by atoms with Crippen LogP contribution in [0.2, 0.25) is 0 Å². The molecule has 0 bridgehead atoms. The van der Waals surface area contributed by atoms with Crippen LogP contribution in [0.25, 0.3) is 0 Å². The van der Waals surface area contributed by atoms with Gasteiger partial charge in [-0.2, -0.15) is 0 Å². The molecule has 2 amide bonds. The summed E-state index contributed by atoms with van der Waals surface area (Å²) < 4.78 is 11.4. The van der Waals surface area contributed by atoms with E-state index in [0.717, 1.165) is 37.0 Å². The van der Waals surface area contributed by atoms with E-state index in [2.05, 4.69) is 5.32 Å². The maximum atomic E-state index is 12.4. The first-order valence-corrected chi connectivity index (χ1v) is 12.2. The van der Waals surface area contributed by atoms with Gasteiger partial charge in [-0.15, -0.1) is 0 Å². The van der Waals surface area contributed by atoms with Crippen molar-refractivity contribution in [3.8, 4) is 5.75 Å². The van der Waals surface area contributed by atoms with Crippen LogP contribution in [0, 0.1) is 5.92 Å². The first-order chi connectivity index (χ1) is 16.2. The predicted octanol–water partition coefficient (Wildman–Crippen LogP) is 5.18. The first-order valence-electron chi connectivity index (χ1n) is 12.2. The fourth-order valence-corrected chi connectivity index (χ4v) is 4.53. The van der Waals surface area contributed by atoms with Crippen molar-refractivity contribution in [3.63, 3.8) is 0 Å². The summed E-state index contributed by atoms with van der Waals surface area (Å²) in [6.07, 6.45) is 7.37. The number of amides is 2. The Balaban J connectivity index is 1.15. The number of piperidine rings is 1. The van der Waals surface area contributed by atoms with E-state index in [0.29, 0.717) is 43.8 Å². The second-order valence-corrected chi connectivity index (χ2v) is 9.11. The third kappa shape index (κ3) is 6.98. The van der Waals surface area contributed by atoms with Crippen molar-refractivity contribution in [2.75, 3.05) is 19.7 Å². The topological polar surface area (TPSA) is 67.9 Å². The molecule has 0 spiro atoms. The highest BCUT2D eigenvalue weighted by Gasteiger charge is 2.24. The Labute approximate surface area is 196 Å². The number of ether oxygens (including phenoxy) is 2. The molecule has 0 atom stereocenters. The zero-order valence-electron chi connectivity index (χ0n) is 19.2. The van der Waals surface area contributed by atoms with E-state index in [1.807, 2.05) is 54.6 Å². The minimum Gasteiger partial charge on any atom is -0.493 e. The molecule has 2 aromatic carbocycles. The van der Waals surface area contributed by atoms with Gasteiger partial charge in [-0.1, -0.05) is 49.6 Å². The monoisotopic (exact) mass is 450 g/mol. The van der Waals surface area contributed by atoms with Crippen LogP contribution in [0.15, 0.2) is 54.6 Å². The van der Waals surface area contributed by atoms with Crippen LogP contribution in [-0.2, 0) is 11.3 Å². The maximum absolute atomic E-state index is 12.4. The summed E-state index contributed by atoms with van der Waals surface area (Å²) in [6.45, 7) is 2.28. The number of nitrogens with one attached hydrogen (secondary N) is 1. The summed E-state index contributed by atoms with van der Waals surface area (Å²) >= 11 is 0. The van der Waals surface area contributed by atoms with Gasteiger partial charge in [-0.05, 0) is 61.4 Å². The van der Waals surface area contributed by atoms with Gasteiger partial charge in [0.05, 0.1) is 6.61 Å². The molecule has 4 rings (SSSR count). The molecule has 6 heteroatoms. The number of carbonyl (C=O) groups excluding carboxylic acids is 2. The van der Waals surface area contributed by atoms with Crippen molar-refractivity contribution in [1.82, 2.24) is 10.2 Å². The van der Waals surface area contributed by atoms with Crippen LogP contribution in [0.5, 0.6) is 5.75 Å². The van der Waals surface area contributed by atoms with Crippen LogP contribution in [0.4, 0.5) is 4.79 Å². The Morgan fingerprint density at radius 3 is 2.27 bits per heavy atom. The van der Waals surface area contributed by atoms with E-state index in [1.54, 1.807) is 4.90 Å². The van der Waals surface area contributed by atoms with E-state index in [1.165, 1.54) is 19.3 Å². The van der Waals surface area contributed by atoms with Crippen LogP contribution >= 0.6 is 0 Å². The molecule has 33 heavy (non-hydrogen) atoms. The zero-order chi connectivity index (χ0) is 22.9. The van der Waals surface area contributed by atoms with Crippen molar-refractivity contribution in [2.24, 2.45) is 5.92 Å². The molecule has 1 heterocycles. The second-order valence-electron chi connectivity index (χ2n) is 9.11. The molecular weight excluding hydrogens is 416 g/mol. The predicted molar refractivity (Wildman–Crippen MR) is 127 cm³/mol. The van der Waals surface area contributed by atoms with E-state index >= 15 is 0 Å². The normalized spacial score (nSPS) is 17.4. The fraction of sp³-hybridized carbons (Fsp3) is 0.481. The van der Waals surface area contributed by atoms with Crippen molar-refractivity contribution < 1.29 is 19.1 Å². The van der Waals surface area contributed by atoms with Crippen LogP contribution in [0.3, 0.4) is 0 Å². The van der Waals surface area contributed by atoms with Crippen molar-refractivity contribution in [2.45, 2.75) is 57.6 Å². The van der Waals surface area contributed by atoms with Gasteiger partial charge in [0.1, 0.15) is 12.4 Å². The Morgan fingerprint density at radius 2 is 1.58 bits per heavy atom. The van der Waals surface area contributed by atoms with Crippen LogP contribution < -0.4 is 10.1 Å². The number of hydrogen-bond donors (Lipinski definition) is 1. The highest BCUT2D eigenvalue weighted by molar-refractivity contribution is 5.94. The standard InChI is InChI=1S/C27H34N2O4/c30-26(28-24-9-5-2-6-10-24)23-11-13-25(14-12-23)32-19-22-15-17-29(18-16-22)27(31)33-20-21-7-3-1-4-8-21/h1,3-4,7-8,11-14,22,24H,2,5-6,9-10,15-20H2,(H,28,30). The van der Waals surface area contributed by atoms with E-state index in [4.69, 9.17) is 9.47 Å². The van der Waals surface area contributed by atoms with Crippen molar-refractivity contribution in [1.29, 1.82) is 0 Å². The Kier molecular flexibility index (Phi) is 8.23. The van der Waals surface area contributed by atoms with Crippen LogP contribution in [-0.4, -0.2) is 42.6 Å². The van der Waals surface area contributed by atoms with Gasteiger partial charge in [-0.3, -0.25) is 4.79 Å². The summed E-state index contributed by atoms with van der Waals surface area (Å²) in [5, 5.41) is 3.15. The van der Waals surface area contributed by atoms with Gasteiger partial charge in [-0.25, -0.2) is 4.79 Å². The summed E-state index contributed by atoms with van der Waals surface area (Å²) in [4.78, 5) is 26.5. The molecule has 2 aromatic rings. The molecule has 176 valence electrons. The average Bonchev–Trinajstić information content (AvgIpc) is 2.88. The molecule has 0 aromatic heterocycles. The Hall–Kier alpha value is -3.02. The lowest BCUT2D eigenvalue weighted by Gasteiger charge is -2.31. The molecule has 2 fully saturated rings.